The average molecular weight is 638 g/mol. The van der Waals surface area contributed by atoms with E-state index < -0.39 is 0 Å². The zero-order valence-corrected chi connectivity index (χ0v) is 27.2. The third-order valence-electron chi connectivity index (χ3n) is 9.38. The maximum absolute atomic E-state index is 5.02. The SMILES string of the molecule is c1ccc(-c2cc(-c3ccc(-c4ccc(-c5ccc(-c6cccc7cccnc67)cc5)c5ccccc45)cc3)nc(-c3ccccc3)n2)cc1. The lowest BCUT2D eigenvalue weighted by molar-refractivity contribution is 1.18. The first kappa shape index (κ1) is 29.4. The van der Waals surface area contributed by atoms with E-state index in [0.29, 0.717) is 0 Å². The average Bonchev–Trinajstić information content (AvgIpc) is 3.21. The van der Waals surface area contributed by atoms with E-state index in [9.17, 15) is 0 Å². The summed E-state index contributed by atoms with van der Waals surface area (Å²) in [6, 6.07) is 63.8. The highest BCUT2D eigenvalue weighted by atomic mass is 14.9. The van der Waals surface area contributed by atoms with Crippen LogP contribution in [0, 0.1) is 0 Å². The van der Waals surface area contributed by atoms with Crippen molar-refractivity contribution in [3.8, 4) is 67.3 Å². The molecule has 2 heterocycles. The molecule has 0 fully saturated rings. The molecule has 0 saturated heterocycles. The summed E-state index contributed by atoms with van der Waals surface area (Å²) in [5.74, 6) is 0.717. The molecule has 0 unspecified atom stereocenters. The van der Waals surface area contributed by atoms with E-state index in [1.54, 1.807) is 0 Å². The van der Waals surface area contributed by atoms with E-state index in [4.69, 9.17) is 9.97 Å². The number of fused-ring (bicyclic) bond motifs is 2. The molecule has 0 spiro atoms. The van der Waals surface area contributed by atoms with Gasteiger partial charge < -0.3 is 0 Å². The number of hydrogen-bond donors (Lipinski definition) is 0. The number of rotatable bonds is 6. The van der Waals surface area contributed by atoms with Gasteiger partial charge in [-0.2, -0.15) is 0 Å². The van der Waals surface area contributed by atoms with Gasteiger partial charge in [-0.3, -0.25) is 4.98 Å². The van der Waals surface area contributed by atoms with E-state index in [1.165, 1.54) is 27.5 Å². The van der Waals surface area contributed by atoms with Crippen molar-refractivity contribution in [3.63, 3.8) is 0 Å². The van der Waals surface area contributed by atoms with E-state index in [0.717, 1.165) is 61.5 Å². The van der Waals surface area contributed by atoms with Gasteiger partial charge in [0.2, 0.25) is 0 Å². The van der Waals surface area contributed by atoms with Gasteiger partial charge in [0.15, 0.2) is 5.82 Å². The van der Waals surface area contributed by atoms with Crippen molar-refractivity contribution in [3.05, 3.63) is 188 Å². The van der Waals surface area contributed by atoms with E-state index in [1.807, 2.05) is 48.7 Å². The highest BCUT2D eigenvalue weighted by Crippen LogP contribution is 2.38. The zero-order chi connectivity index (χ0) is 33.3. The maximum atomic E-state index is 5.02. The summed E-state index contributed by atoms with van der Waals surface area (Å²) in [4.78, 5) is 14.6. The quantitative estimate of drug-likeness (QED) is 0.182. The number of benzene rings is 7. The second-order valence-electron chi connectivity index (χ2n) is 12.4. The summed E-state index contributed by atoms with van der Waals surface area (Å²) in [7, 11) is 0. The summed E-state index contributed by atoms with van der Waals surface area (Å²) < 4.78 is 0. The van der Waals surface area contributed by atoms with Crippen LogP contribution in [0.4, 0.5) is 0 Å². The lowest BCUT2D eigenvalue weighted by atomic mass is 9.91. The van der Waals surface area contributed by atoms with Crippen molar-refractivity contribution in [2.45, 2.75) is 0 Å². The molecule has 0 bridgehead atoms. The summed E-state index contributed by atoms with van der Waals surface area (Å²) in [5.41, 5.74) is 13.0. The van der Waals surface area contributed by atoms with Gasteiger partial charge in [-0.25, -0.2) is 9.97 Å². The maximum Gasteiger partial charge on any atom is 0.160 e. The zero-order valence-electron chi connectivity index (χ0n) is 27.2. The van der Waals surface area contributed by atoms with Crippen molar-refractivity contribution in [1.29, 1.82) is 0 Å². The fourth-order valence-electron chi connectivity index (χ4n) is 6.86. The minimum atomic E-state index is 0.717. The van der Waals surface area contributed by atoms with Crippen molar-refractivity contribution >= 4 is 21.7 Å². The Morgan fingerprint density at radius 2 is 0.800 bits per heavy atom. The van der Waals surface area contributed by atoms with Gasteiger partial charge in [-0.1, -0.05) is 170 Å². The first-order valence-electron chi connectivity index (χ1n) is 16.9. The standard InChI is InChI=1S/C47H31N3/c1-3-11-35(12-4-1)44-31-45(50-47(49-44)38-13-5-2-6-14-38)36-26-24-33(25-27-36)40-29-28-39(42-17-7-8-18-43(40)42)32-20-22-34(23-21-32)41-19-9-15-37-16-10-30-48-46(37)41/h1-31H. The molecule has 9 aromatic rings. The van der Waals surface area contributed by atoms with E-state index in [-0.39, 0.29) is 0 Å². The first-order chi connectivity index (χ1) is 24.8. The van der Waals surface area contributed by atoms with Gasteiger partial charge in [-0.05, 0) is 50.7 Å². The smallest absolute Gasteiger partial charge is 0.160 e. The number of nitrogens with zero attached hydrogens (tertiary/aromatic N) is 3. The van der Waals surface area contributed by atoms with Crippen LogP contribution in [0.25, 0.3) is 89.0 Å². The molecule has 0 N–H and O–H groups in total. The number of para-hydroxylation sites is 1. The van der Waals surface area contributed by atoms with Crippen LogP contribution in [-0.2, 0) is 0 Å². The number of pyridine rings is 1. The molecule has 234 valence electrons. The third kappa shape index (κ3) is 5.51. The van der Waals surface area contributed by atoms with Gasteiger partial charge in [0, 0.05) is 33.8 Å². The second kappa shape index (κ2) is 12.7. The summed E-state index contributed by atoms with van der Waals surface area (Å²) in [5, 5.41) is 3.60. The van der Waals surface area contributed by atoms with Crippen LogP contribution in [0.5, 0.6) is 0 Å². The Morgan fingerprint density at radius 1 is 0.320 bits per heavy atom. The molecule has 3 nitrogen and oxygen atoms in total. The van der Waals surface area contributed by atoms with Crippen LogP contribution < -0.4 is 0 Å². The van der Waals surface area contributed by atoms with E-state index in [2.05, 4.69) is 145 Å². The van der Waals surface area contributed by atoms with Crippen LogP contribution >= 0.6 is 0 Å². The van der Waals surface area contributed by atoms with Gasteiger partial charge >= 0.3 is 0 Å². The predicted molar refractivity (Wildman–Crippen MR) is 207 cm³/mol. The predicted octanol–water partition coefficient (Wildman–Crippen LogP) is 12.2. The van der Waals surface area contributed by atoms with Crippen LogP contribution in [-0.4, -0.2) is 15.0 Å². The van der Waals surface area contributed by atoms with Crippen molar-refractivity contribution < 1.29 is 0 Å². The van der Waals surface area contributed by atoms with Gasteiger partial charge in [0.1, 0.15) is 0 Å². The normalized spacial score (nSPS) is 11.2. The van der Waals surface area contributed by atoms with Crippen LogP contribution in [0.15, 0.2) is 188 Å². The highest BCUT2D eigenvalue weighted by Gasteiger charge is 2.13. The van der Waals surface area contributed by atoms with Gasteiger partial charge in [0.05, 0.1) is 16.9 Å². The summed E-state index contributed by atoms with van der Waals surface area (Å²) in [6.07, 6.45) is 1.86. The molecular weight excluding hydrogens is 607 g/mol. The summed E-state index contributed by atoms with van der Waals surface area (Å²) in [6.45, 7) is 0. The molecule has 0 saturated carbocycles. The molecule has 0 amide bonds. The van der Waals surface area contributed by atoms with Gasteiger partial charge in [-0.15, -0.1) is 0 Å². The number of aromatic nitrogens is 3. The van der Waals surface area contributed by atoms with Crippen molar-refractivity contribution in [1.82, 2.24) is 15.0 Å². The fraction of sp³-hybridized carbons (Fsp3) is 0. The first-order valence-corrected chi connectivity index (χ1v) is 16.9. The highest BCUT2D eigenvalue weighted by molar-refractivity contribution is 6.05. The Balaban J connectivity index is 1.07. The molecule has 50 heavy (non-hydrogen) atoms. The van der Waals surface area contributed by atoms with Crippen LogP contribution in [0.2, 0.25) is 0 Å². The summed E-state index contributed by atoms with van der Waals surface area (Å²) >= 11 is 0. The Morgan fingerprint density at radius 3 is 1.40 bits per heavy atom. The molecule has 0 aliphatic carbocycles. The Bertz CT molecular complexity index is 2550. The fourth-order valence-corrected chi connectivity index (χ4v) is 6.86. The Labute approximate surface area is 291 Å². The molecular formula is C47H31N3. The Kier molecular flexibility index (Phi) is 7.49. The number of hydrogen-bond acceptors (Lipinski definition) is 3. The minimum absolute atomic E-state index is 0.717. The molecule has 3 heteroatoms. The van der Waals surface area contributed by atoms with Crippen LogP contribution in [0.1, 0.15) is 0 Å². The van der Waals surface area contributed by atoms with Crippen molar-refractivity contribution in [2.24, 2.45) is 0 Å². The van der Waals surface area contributed by atoms with Gasteiger partial charge in [0.25, 0.3) is 0 Å². The van der Waals surface area contributed by atoms with Crippen molar-refractivity contribution in [2.75, 3.05) is 0 Å². The molecule has 0 aliphatic rings. The lowest BCUT2D eigenvalue weighted by Crippen LogP contribution is -1.95. The second-order valence-corrected chi connectivity index (χ2v) is 12.4. The molecule has 9 rings (SSSR count). The topological polar surface area (TPSA) is 38.7 Å². The lowest BCUT2D eigenvalue weighted by Gasteiger charge is -2.14. The van der Waals surface area contributed by atoms with E-state index >= 15 is 0 Å². The minimum Gasteiger partial charge on any atom is -0.256 e. The third-order valence-corrected chi connectivity index (χ3v) is 9.38. The largest absolute Gasteiger partial charge is 0.256 e. The molecule has 0 radical (unpaired) electrons. The van der Waals surface area contributed by atoms with Crippen LogP contribution in [0.3, 0.4) is 0 Å². The molecule has 0 aliphatic heterocycles. The monoisotopic (exact) mass is 637 g/mol. The molecule has 7 aromatic carbocycles. The molecule has 2 aromatic heterocycles. The Hall–Kier alpha value is -6.71. The molecule has 0 atom stereocenters.